The van der Waals surface area contributed by atoms with Crippen molar-refractivity contribution >= 4 is 0 Å². The molecule has 10 heteroatoms. The van der Waals surface area contributed by atoms with Crippen LogP contribution in [0.15, 0.2) is 0 Å². The molecule has 2 rings (SSSR count). The van der Waals surface area contributed by atoms with Crippen LogP contribution in [0.1, 0.15) is 44.9 Å². The van der Waals surface area contributed by atoms with Crippen LogP contribution in [-0.2, 0) is 9.47 Å². The summed E-state index contributed by atoms with van der Waals surface area (Å²) < 4.78 is 100.0. The zero-order valence-corrected chi connectivity index (χ0v) is 13.9. The zero-order chi connectivity index (χ0) is 19.6. The topological polar surface area (TPSA) is 42.2 Å². The Kier molecular flexibility index (Phi) is 6.13. The fraction of sp³-hybridized carbons (Fsp3) is 0.938. The maximum absolute atomic E-state index is 13.6. The van der Waals surface area contributed by atoms with E-state index in [2.05, 4.69) is 0 Å². The second-order valence-electron chi connectivity index (χ2n) is 6.87. The van der Waals surface area contributed by atoms with Crippen LogP contribution in [0.5, 0.6) is 0 Å². The lowest BCUT2D eigenvalue weighted by atomic mass is 9.76. The van der Waals surface area contributed by atoms with Gasteiger partial charge in [0.05, 0.1) is 19.3 Å². The third kappa shape index (κ3) is 4.25. The second kappa shape index (κ2) is 7.50. The van der Waals surface area contributed by atoms with Gasteiger partial charge in [-0.15, -0.1) is 0 Å². The summed E-state index contributed by atoms with van der Waals surface area (Å²) in [5.41, 5.74) is -5.25. The third-order valence-electron chi connectivity index (χ3n) is 5.28. The van der Waals surface area contributed by atoms with Crippen molar-refractivity contribution in [1.29, 1.82) is 5.26 Å². The summed E-state index contributed by atoms with van der Waals surface area (Å²) in [4.78, 5) is 0. The van der Waals surface area contributed by atoms with E-state index in [0.29, 0.717) is 38.9 Å². The monoisotopic (exact) mass is 391 g/mol. The molecule has 1 atom stereocenters. The predicted octanol–water partition coefficient (Wildman–Crippen LogP) is 5.06. The highest BCUT2D eigenvalue weighted by Gasteiger charge is 2.71. The van der Waals surface area contributed by atoms with Crippen molar-refractivity contribution in [3.05, 3.63) is 0 Å². The summed E-state index contributed by atoms with van der Waals surface area (Å²) >= 11 is 0. The van der Waals surface area contributed by atoms with Gasteiger partial charge in [-0.2, -0.15) is 31.6 Å². The molecule has 2 aliphatic rings. The number of hydrogen-bond acceptors (Lipinski definition) is 3. The van der Waals surface area contributed by atoms with Crippen LogP contribution in [0.3, 0.4) is 0 Å². The lowest BCUT2D eigenvalue weighted by Gasteiger charge is -2.37. The van der Waals surface area contributed by atoms with E-state index in [1.807, 2.05) is 6.07 Å². The van der Waals surface area contributed by atoms with Gasteiger partial charge in [-0.3, -0.25) is 0 Å². The Balaban J connectivity index is 1.90. The lowest BCUT2D eigenvalue weighted by molar-refractivity contribution is -0.343. The molecule has 150 valence electrons. The van der Waals surface area contributed by atoms with E-state index in [-0.39, 0.29) is 12.3 Å². The minimum atomic E-state index is -6.04. The molecule has 26 heavy (non-hydrogen) atoms. The summed E-state index contributed by atoms with van der Waals surface area (Å²) in [5.74, 6) is -1.57. The van der Waals surface area contributed by atoms with Gasteiger partial charge in [0.1, 0.15) is 0 Å². The van der Waals surface area contributed by atoms with Gasteiger partial charge in [0, 0.05) is 18.8 Å². The molecule has 0 aromatic carbocycles. The largest absolute Gasteiger partial charge is 0.431 e. The van der Waals surface area contributed by atoms with Crippen LogP contribution >= 0.6 is 0 Å². The molecule has 0 bridgehead atoms. The maximum atomic E-state index is 13.6. The number of nitriles is 1. The highest BCUT2D eigenvalue weighted by atomic mass is 19.4. The predicted molar refractivity (Wildman–Crippen MR) is 75.5 cm³/mol. The Bertz CT molecular complexity index is 496. The fourth-order valence-electron chi connectivity index (χ4n) is 3.68. The minimum absolute atomic E-state index is 0.177. The lowest BCUT2D eigenvalue weighted by Crippen LogP contribution is -2.53. The van der Waals surface area contributed by atoms with Crippen LogP contribution < -0.4 is 0 Å². The summed E-state index contributed by atoms with van der Waals surface area (Å²) in [5, 5.41) is 9.23. The standard InChI is InChI=1S/C16H20F7NO2/c17-14(15(18,19)20,16(21,22)23)5-1-2-12(10-24)11-3-6-13(7-4-11)25-8-9-26-13/h11-12H,1-9H2. The molecule has 0 aromatic heterocycles. The third-order valence-corrected chi connectivity index (χ3v) is 5.28. The Hall–Kier alpha value is -1.08. The second-order valence-corrected chi connectivity index (χ2v) is 6.87. The van der Waals surface area contributed by atoms with E-state index < -0.39 is 42.6 Å². The summed E-state index contributed by atoms with van der Waals surface area (Å²) in [6.45, 7) is 0.944. The molecule has 3 nitrogen and oxygen atoms in total. The maximum Gasteiger partial charge on any atom is 0.431 e. The van der Waals surface area contributed by atoms with Crippen molar-refractivity contribution in [1.82, 2.24) is 0 Å². The Morgan fingerprint density at radius 3 is 1.88 bits per heavy atom. The molecule has 1 saturated heterocycles. The SMILES string of the molecule is N#CC(CCCC(F)(C(F)(F)F)C(F)(F)F)C1CCC2(CC1)OCCO2. The van der Waals surface area contributed by atoms with Gasteiger partial charge < -0.3 is 9.47 Å². The number of halogens is 7. The summed E-state index contributed by atoms with van der Waals surface area (Å²) in [6.07, 6.45) is -12.6. The van der Waals surface area contributed by atoms with Gasteiger partial charge in [-0.1, -0.05) is 0 Å². The van der Waals surface area contributed by atoms with Crippen molar-refractivity contribution < 1.29 is 40.2 Å². The average molecular weight is 391 g/mol. The molecule has 0 amide bonds. The van der Waals surface area contributed by atoms with Gasteiger partial charge in [-0.25, -0.2) is 4.39 Å². The number of alkyl halides is 7. The van der Waals surface area contributed by atoms with Crippen LogP contribution in [0.2, 0.25) is 0 Å². The Morgan fingerprint density at radius 2 is 1.46 bits per heavy atom. The molecule has 1 saturated carbocycles. The van der Waals surface area contributed by atoms with Crippen molar-refractivity contribution in [2.45, 2.75) is 68.8 Å². The first kappa shape index (κ1) is 21.2. The van der Waals surface area contributed by atoms with E-state index in [4.69, 9.17) is 9.47 Å². The number of ether oxygens (including phenoxy) is 2. The highest BCUT2D eigenvalue weighted by Crippen LogP contribution is 2.49. The molecular weight excluding hydrogens is 371 g/mol. The van der Waals surface area contributed by atoms with Crippen LogP contribution in [0.4, 0.5) is 30.7 Å². The van der Waals surface area contributed by atoms with Crippen LogP contribution in [-0.4, -0.2) is 37.0 Å². The van der Waals surface area contributed by atoms with Gasteiger partial charge in [-0.05, 0) is 38.0 Å². The van der Waals surface area contributed by atoms with Gasteiger partial charge in [0.25, 0.3) is 5.67 Å². The van der Waals surface area contributed by atoms with Crippen molar-refractivity contribution in [2.75, 3.05) is 13.2 Å². The Morgan fingerprint density at radius 1 is 0.962 bits per heavy atom. The molecule has 1 heterocycles. The smallest absolute Gasteiger partial charge is 0.348 e. The van der Waals surface area contributed by atoms with E-state index in [0.717, 1.165) is 0 Å². The molecule has 0 radical (unpaired) electrons. The van der Waals surface area contributed by atoms with E-state index in [1.54, 1.807) is 0 Å². The summed E-state index contributed by atoms with van der Waals surface area (Å²) in [7, 11) is 0. The van der Waals surface area contributed by atoms with E-state index in [1.165, 1.54) is 0 Å². The molecule has 1 aliphatic carbocycles. The number of hydrogen-bond donors (Lipinski definition) is 0. The Labute approximate surface area is 146 Å². The van der Waals surface area contributed by atoms with E-state index in [9.17, 15) is 36.0 Å². The van der Waals surface area contributed by atoms with Crippen molar-refractivity contribution in [2.24, 2.45) is 11.8 Å². The normalized spacial score (nSPS) is 23.2. The molecule has 1 spiro atoms. The molecule has 2 fully saturated rings. The van der Waals surface area contributed by atoms with Crippen molar-refractivity contribution in [3.8, 4) is 6.07 Å². The highest BCUT2D eigenvalue weighted by molar-refractivity contribution is 4.97. The first-order valence-corrected chi connectivity index (χ1v) is 8.44. The van der Waals surface area contributed by atoms with Gasteiger partial charge in [0.2, 0.25) is 0 Å². The molecule has 1 aliphatic heterocycles. The number of rotatable bonds is 5. The molecular formula is C16H20F7NO2. The molecule has 1 unspecified atom stereocenters. The van der Waals surface area contributed by atoms with Crippen LogP contribution in [0, 0.1) is 23.2 Å². The minimum Gasteiger partial charge on any atom is -0.348 e. The van der Waals surface area contributed by atoms with Gasteiger partial charge >= 0.3 is 12.4 Å². The molecule has 0 aromatic rings. The first-order valence-electron chi connectivity index (χ1n) is 8.44. The fourth-order valence-corrected chi connectivity index (χ4v) is 3.68. The molecule has 0 N–H and O–H groups in total. The van der Waals surface area contributed by atoms with E-state index >= 15 is 0 Å². The number of nitrogens with zero attached hydrogens (tertiary/aromatic N) is 1. The van der Waals surface area contributed by atoms with Crippen molar-refractivity contribution in [3.63, 3.8) is 0 Å². The van der Waals surface area contributed by atoms with Crippen LogP contribution in [0.25, 0.3) is 0 Å². The quantitative estimate of drug-likeness (QED) is 0.615. The zero-order valence-electron chi connectivity index (χ0n) is 13.9. The van der Waals surface area contributed by atoms with Gasteiger partial charge in [0.15, 0.2) is 5.79 Å². The first-order chi connectivity index (χ1) is 11.9. The average Bonchev–Trinajstić information content (AvgIpc) is 2.98. The summed E-state index contributed by atoms with van der Waals surface area (Å²) in [6, 6.07) is 1.95.